The predicted molar refractivity (Wildman–Crippen MR) is 123 cm³/mol. The highest BCUT2D eigenvalue weighted by atomic mass is 35.5. The fourth-order valence-electron chi connectivity index (χ4n) is 3.85. The highest BCUT2D eigenvalue weighted by Gasteiger charge is 2.29. The minimum Gasteiger partial charge on any atom is -0.341 e. The van der Waals surface area contributed by atoms with Crippen molar-refractivity contribution < 1.29 is 0 Å². The van der Waals surface area contributed by atoms with Crippen molar-refractivity contribution in [3.05, 3.63) is 88.7 Å². The van der Waals surface area contributed by atoms with Crippen molar-refractivity contribution in [3.8, 4) is 0 Å². The number of anilines is 2. The van der Waals surface area contributed by atoms with Crippen molar-refractivity contribution in [1.82, 2.24) is 4.98 Å². The Morgan fingerprint density at radius 3 is 2.79 bits per heavy atom. The van der Waals surface area contributed by atoms with Gasteiger partial charge in [0.2, 0.25) is 0 Å². The van der Waals surface area contributed by atoms with Crippen LogP contribution in [0.3, 0.4) is 0 Å². The summed E-state index contributed by atoms with van der Waals surface area (Å²) >= 11 is 7.84. The molecule has 142 valence electrons. The quantitative estimate of drug-likeness (QED) is 0.570. The van der Waals surface area contributed by atoms with Crippen LogP contribution in [-0.2, 0) is 12.8 Å². The van der Waals surface area contributed by atoms with Crippen LogP contribution in [0.2, 0.25) is 0 Å². The third-order valence-corrected chi connectivity index (χ3v) is 6.56. The Morgan fingerprint density at radius 2 is 2.04 bits per heavy atom. The molecule has 0 bridgehead atoms. The van der Waals surface area contributed by atoms with E-state index >= 15 is 0 Å². The van der Waals surface area contributed by atoms with E-state index < -0.39 is 0 Å². The van der Waals surface area contributed by atoms with Gasteiger partial charge in [0, 0.05) is 21.7 Å². The first kappa shape index (κ1) is 18.8. The van der Waals surface area contributed by atoms with Gasteiger partial charge in [-0.3, -0.25) is 9.88 Å². The highest BCUT2D eigenvalue weighted by Crippen LogP contribution is 2.46. The lowest BCUT2D eigenvalue weighted by Gasteiger charge is -2.35. The number of halogens is 1. The summed E-state index contributed by atoms with van der Waals surface area (Å²) in [7, 11) is 0. The van der Waals surface area contributed by atoms with E-state index in [1.807, 2.05) is 18.5 Å². The number of rotatable bonds is 4. The molecule has 0 aromatic carbocycles. The van der Waals surface area contributed by atoms with Crippen molar-refractivity contribution >= 4 is 45.6 Å². The molecular weight excluding hydrogens is 386 g/mol. The molecule has 3 nitrogen and oxygen atoms in total. The van der Waals surface area contributed by atoms with Crippen LogP contribution < -0.4 is 10.2 Å². The molecule has 2 aromatic heterocycles. The van der Waals surface area contributed by atoms with Gasteiger partial charge in [0.15, 0.2) is 0 Å². The minimum absolute atomic E-state index is 0.487. The summed E-state index contributed by atoms with van der Waals surface area (Å²) in [5.41, 5.74) is 6.50. The SMILES string of the molecule is C=C/C=C(\C(=C)Cl)c1cc2c(s1)C(=C)N(c1cncc3c1CCCC3)C(=C)N2. The number of thiophene rings is 1. The summed E-state index contributed by atoms with van der Waals surface area (Å²) in [5, 5.41) is 3.92. The third-order valence-electron chi connectivity index (χ3n) is 5.14. The highest BCUT2D eigenvalue weighted by molar-refractivity contribution is 7.15. The van der Waals surface area contributed by atoms with E-state index in [1.54, 1.807) is 17.4 Å². The minimum atomic E-state index is 0.487. The number of nitrogens with one attached hydrogen (secondary N) is 1. The Morgan fingerprint density at radius 1 is 1.25 bits per heavy atom. The van der Waals surface area contributed by atoms with E-state index in [0.717, 1.165) is 51.1 Å². The number of hydrogen-bond donors (Lipinski definition) is 1. The van der Waals surface area contributed by atoms with E-state index in [2.05, 4.69) is 47.6 Å². The largest absolute Gasteiger partial charge is 0.341 e. The first-order valence-electron chi connectivity index (χ1n) is 9.24. The van der Waals surface area contributed by atoms with E-state index in [-0.39, 0.29) is 0 Å². The summed E-state index contributed by atoms with van der Waals surface area (Å²) in [5.74, 6) is 0.779. The molecule has 28 heavy (non-hydrogen) atoms. The average molecular weight is 408 g/mol. The molecule has 2 aliphatic rings. The van der Waals surface area contributed by atoms with Crippen molar-refractivity contribution in [2.75, 3.05) is 10.2 Å². The number of fused-ring (bicyclic) bond motifs is 2. The Bertz CT molecular complexity index is 1040. The normalized spacial score (nSPS) is 16.3. The molecule has 5 heteroatoms. The number of aryl methyl sites for hydroxylation is 1. The number of aromatic nitrogens is 1. The van der Waals surface area contributed by atoms with E-state index in [4.69, 9.17) is 11.6 Å². The van der Waals surface area contributed by atoms with Gasteiger partial charge in [-0.2, -0.15) is 0 Å². The lowest BCUT2D eigenvalue weighted by Crippen LogP contribution is -2.29. The Balaban J connectivity index is 1.78. The van der Waals surface area contributed by atoms with E-state index in [0.29, 0.717) is 5.03 Å². The second-order valence-electron chi connectivity index (χ2n) is 6.93. The molecule has 0 saturated heterocycles. The zero-order valence-corrected chi connectivity index (χ0v) is 17.3. The van der Waals surface area contributed by atoms with E-state index in [1.165, 1.54) is 24.0 Å². The van der Waals surface area contributed by atoms with E-state index in [9.17, 15) is 0 Å². The third kappa shape index (κ3) is 3.13. The van der Waals surface area contributed by atoms with Gasteiger partial charge in [-0.25, -0.2) is 0 Å². The van der Waals surface area contributed by atoms with Crippen molar-refractivity contribution in [2.45, 2.75) is 25.7 Å². The standard InChI is InChI=1S/C23H22ClN3S/c1-5-8-18(14(2)24)22-11-20-23(28-22)15(3)27(16(4)26-20)21-13-25-12-17-9-6-7-10-19(17)21/h5,8,11-13,26H,1-4,6-7,9-10H2/b18-8+. The monoisotopic (exact) mass is 407 g/mol. The van der Waals surface area contributed by atoms with Crippen LogP contribution >= 0.6 is 22.9 Å². The summed E-state index contributed by atoms with van der Waals surface area (Å²) in [6, 6.07) is 2.06. The lowest BCUT2D eigenvalue weighted by molar-refractivity contribution is 0.682. The van der Waals surface area contributed by atoms with Crippen LogP contribution in [0.25, 0.3) is 11.3 Å². The molecule has 1 aliphatic carbocycles. The molecule has 0 atom stereocenters. The molecule has 1 N–H and O–H groups in total. The fourth-order valence-corrected chi connectivity index (χ4v) is 5.20. The van der Waals surface area contributed by atoms with Crippen LogP contribution in [0, 0.1) is 0 Å². The zero-order valence-electron chi connectivity index (χ0n) is 15.7. The fraction of sp³-hybridized carbons (Fsp3) is 0.174. The summed E-state index contributed by atoms with van der Waals surface area (Å²) < 4.78 is 0. The molecule has 0 fully saturated rings. The number of nitrogens with zero attached hydrogens (tertiary/aromatic N) is 2. The first-order chi connectivity index (χ1) is 13.5. The Kier molecular flexibility index (Phi) is 5.00. The zero-order chi connectivity index (χ0) is 19.8. The lowest BCUT2D eigenvalue weighted by atomic mass is 9.91. The summed E-state index contributed by atoms with van der Waals surface area (Å²) in [4.78, 5) is 8.65. The maximum Gasteiger partial charge on any atom is 0.108 e. The van der Waals surface area contributed by atoms with Crippen molar-refractivity contribution in [2.24, 2.45) is 0 Å². The molecule has 0 radical (unpaired) electrons. The van der Waals surface area contributed by atoms with Gasteiger partial charge in [-0.05, 0) is 42.9 Å². The average Bonchev–Trinajstić information content (AvgIpc) is 3.09. The Labute approximate surface area is 175 Å². The molecule has 4 rings (SSSR count). The van der Waals surface area contributed by atoms with Crippen LogP contribution in [0.4, 0.5) is 11.4 Å². The molecule has 0 unspecified atom stereocenters. The molecule has 0 amide bonds. The van der Waals surface area contributed by atoms with Gasteiger partial charge in [-0.15, -0.1) is 11.3 Å². The smallest absolute Gasteiger partial charge is 0.108 e. The molecule has 0 spiro atoms. The maximum atomic E-state index is 6.21. The van der Waals surface area contributed by atoms with Crippen LogP contribution in [0.1, 0.15) is 33.7 Å². The Hall–Kier alpha value is -2.56. The van der Waals surface area contributed by atoms with Gasteiger partial charge in [0.1, 0.15) is 5.82 Å². The first-order valence-corrected chi connectivity index (χ1v) is 10.4. The number of allylic oxidation sites excluding steroid dienone is 4. The van der Waals surface area contributed by atoms with Gasteiger partial charge >= 0.3 is 0 Å². The maximum absolute atomic E-state index is 6.21. The molecular formula is C23H22ClN3S. The van der Waals surface area contributed by atoms with Gasteiger partial charge < -0.3 is 5.32 Å². The number of pyridine rings is 1. The van der Waals surface area contributed by atoms with Gasteiger partial charge in [0.05, 0.1) is 28.1 Å². The van der Waals surface area contributed by atoms with Crippen LogP contribution in [-0.4, -0.2) is 4.98 Å². The summed E-state index contributed by atoms with van der Waals surface area (Å²) in [6.07, 6.45) is 12.1. The molecule has 2 aromatic rings. The topological polar surface area (TPSA) is 28.2 Å². The van der Waals surface area contributed by atoms with Crippen LogP contribution in [0.5, 0.6) is 0 Å². The number of hydrogen-bond acceptors (Lipinski definition) is 4. The molecule has 0 saturated carbocycles. The summed E-state index contributed by atoms with van der Waals surface area (Å²) in [6.45, 7) is 16.3. The molecule has 3 heterocycles. The second-order valence-corrected chi connectivity index (χ2v) is 8.44. The van der Waals surface area contributed by atoms with Gasteiger partial charge in [0.25, 0.3) is 0 Å². The van der Waals surface area contributed by atoms with Gasteiger partial charge in [-0.1, -0.05) is 50.1 Å². The van der Waals surface area contributed by atoms with Crippen LogP contribution in [0.15, 0.2) is 67.8 Å². The van der Waals surface area contributed by atoms with Crippen molar-refractivity contribution in [1.29, 1.82) is 0 Å². The second kappa shape index (κ2) is 7.46. The van der Waals surface area contributed by atoms with Crippen molar-refractivity contribution in [3.63, 3.8) is 0 Å². The predicted octanol–water partition coefficient (Wildman–Crippen LogP) is 6.72. The molecule has 1 aliphatic heterocycles.